The Labute approximate surface area is 197 Å². The highest BCUT2D eigenvalue weighted by atomic mass is 19.1. The van der Waals surface area contributed by atoms with E-state index in [1.165, 1.54) is 6.20 Å². The van der Waals surface area contributed by atoms with E-state index in [0.717, 1.165) is 49.2 Å². The summed E-state index contributed by atoms with van der Waals surface area (Å²) in [6.45, 7) is 13.4. The van der Waals surface area contributed by atoms with Crippen molar-refractivity contribution in [2.75, 3.05) is 6.54 Å². The van der Waals surface area contributed by atoms with Gasteiger partial charge in [-0.25, -0.2) is 4.98 Å². The summed E-state index contributed by atoms with van der Waals surface area (Å²) in [7, 11) is 0. The number of hydrogen-bond acceptors (Lipinski definition) is 6. The van der Waals surface area contributed by atoms with Gasteiger partial charge in [-0.3, -0.25) is 5.84 Å². The molecule has 3 rings (SSSR count). The second-order valence-corrected chi connectivity index (χ2v) is 8.99. The third-order valence-electron chi connectivity index (χ3n) is 6.35. The number of nitrogens with zero attached hydrogens (tertiary/aromatic N) is 2. The van der Waals surface area contributed by atoms with E-state index in [2.05, 4.69) is 52.0 Å². The monoisotopic (exact) mass is 452 g/mol. The quantitative estimate of drug-likeness (QED) is 0.239. The Morgan fingerprint density at radius 3 is 2.73 bits per heavy atom. The molecule has 33 heavy (non-hydrogen) atoms. The summed E-state index contributed by atoms with van der Waals surface area (Å²) in [5.41, 5.74) is 13.1. The summed E-state index contributed by atoms with van der Waals surface area (Å²) in [6.07, 6.45) is 12.4. The van der Waals surface area contributed by atoms with Gasteiger partial charge < -0.3 is 21.4 Å². The van der Waals surface area contributed by atoms with Crippen LogP contribution < -0.4 is 22.3 Å². The third-order valence-corrected chi connectivity index (χ3v) is 6.35. The minimum Gasteiger partial charge on any atom is -0.403 e. The minimum atomic E-state index is -0.411. The molecule has 1 aromatic heterocycles. The van der Waals surface area contributed by atoms with Crippen LogP contribution in [0.5, 0.6) is 0 Å². The Morgan fingerprint density at radius 2 is 2.12 bits per heavy atom. The molecule has 0 radical (unpaired) electrons. The molecule has 0 aromatic carbocycles. The summed E-state index contributed by atoms with van der Waals surface area (Å²) in [6, 6.07) is 3.57. The Morgan fingerprint density at radius 1 is 1.33 bits per heavy atom. The summed E-state index contributed by atoms with van der Waals surface area (Å²) >= 11 is 0. The molecule has 0 amide bonds. The second-order valence-electron chi connectivity index (χ2n) is 8.99. The first-order valence-corrected chi connectivity index (χ1v) is 11.7. The number of hydrogen-bond donors (Lipinski definition) is 4. The highest BCUT2D eigenvalue weighted by molar-refractivity contribution is 5.36. The van der Waals surface area contributed by atoms with Gasteiger partial charge in [0.25, 0.3) is 0 Å². The lowest BCUT2D eigenvalue weighted by Gasteiger charge is -2.33. The highest BCUT2D eigenvalue weighted by Gasteiger charge is 2.30. The van der Waals surface area contributed by atoms with Gasteiger partial charge in [0.05, 0.1) is 17.8 Å². The number of rotatable bonds is 10. The molecule has 2 atom stereocenters. The summed E-state index contributed by atoms with van der Waals surface area (Å²) < 4.78 is 14.8. The largest absolute Gasteiger partial charge is 0.403 e. The Bertz CT molecular complexity index is 962. The van der Waals surface area contributed by atoms with Gasteiger partial charge in [-0.2, -0.15) is 4.39 Å². The predicted molar refractivity (Wildman–Crippen MR) is 133 cm³/mol. The van der Waals surface area contributed by atoms with Crippen molar-refractivity contribution in [2.24, 2.45) is 11.6 Å². The first-order valence-electron chi connectivity index (χ1n) is 11.7. The summed E-state index contributed by atoms with van der Waals surface area (Å²) in [4.78, 5) is 6.59. The van der Waals surface area contributed by atoms with Gasteiger partial charge in [-0.1, -0.05) is 51.3 Å². The van der Waals surface area contributed by atoms with Crippen LogP contribution in [0, 0.1) is 5.95 Å². The van der Waals surface area contributed by atoms with Gasteiger partial charge in [0, 0.05) is 41.8 Å². The van der Waals surface area contributed by atoms with Crippen LogP contribution in [0.1, 0.15) is 69.2 Å². The molecule has 1 aliphatic heterocycles. The minimum absolute atomic E-state index is 0.0738. The van der Waals surface area contributed by atoms with Crippen molar-refractivity contribution in [2.45, 2.75) is 64.0 Å². The van der Waals surface area contributed by atoms with Crippen molar-refractivity contribution >= 4 is 0 Å². The summed E-state index contributed by atoms with van der Waals surface area (Å²) in [5.74, 6) is 5.21. The maximum absolute atomic E-state index is 14.8. The fourth-order valence-electron chi connectivity index (χ4n) is 4.49. The first-order chi connectivity index (χ1) is 15.8. The molecule has 2 heterocycles. The molecular weight excluding hydrogens is 415 g/mol. The molecule has 2 unspecified atom stereocenters. The average Bonchev–Trinajstić information content (AvgIpc) is 3.31. The normalized spacial score (nSPS) is 19.4. The van der Waals surface area contributed by atoms with Crippen LogP contribution in [0.25, 0.3) is 0 Å². The van der Waals surface area contributed by atoms with Crippen molar-refractivity contribution < 1.29 is 4.39 Å². The molecule has 0 bridgehead atoms. The van der Waals surface area contributed by atoms with Crippen LogP contribution in [-0.2, 0) is 0 Å². The fraction of sp³-hybridized carbons (Fsp3) is 0.423. The van der Waals surface area contributed by atoms with Crippen molar-refractivity contribution in [3.63, 3.8) is 0 Å². The number of hydrazine groups is 1. The summed E-state index contributed by atoms with van der Waals surface area (Å²) in [5, 5.41) is 3.58. The Hall–Kier alpha value is -3.06. The van der Waals surface area contributed by atoms with Crippen LogP contribution in [0.4, 0.5) is 4.39 Å². The number of halogens is 1. The van der Waals surface area contributed by atoms with E-state index in [0.29, 0.717) is 23.4 Å². The molecule has 1 aromatic rings. The molecule has 1 aliphatic carbocycles. The number of aromatic nitrogens is 1. The van der Waals surface area contributed by atoms with Crippen LogP contribution in [-0.4, -0.2) is 22.5 Å². The molecule has 6 nitrogen and oxygen atoms in total. The van der Waals surface area contributed by atoms with Gasteiger partial charge in [-0.05, 0) is 43.2 Å². The maximum Gasteiger partial charge on any atom is 0.216 e. The van der Waals surface area contributed by atoms with Crippen LogP contribution in [0.3, 0.4) is 0 Å². The van der Waals surface area contributed by atoms with Crippen molar-refractivity contribution in [1.82, 2.24) is 20.6 Å². The third kappa shape index (κ3) is 5.85. The number of nitrogens with one attached hydrogen (secondary N) is 2. The molecule has 2 aliphatic rings. The lowest BCUT2D eigenvalue weighted by molar-refractivity contribution is 0.332. The zero-order valence-electron chi connectivity index (χ0n) is 19.8. The number of likely N-dealkylation sites (tertiary alicyclic amines) is 1. The average molecular weight is 453 g/mol. The molecule has 1 saturated heterocycles. The van der Waals surface area contributed by atoms with E-state index in [1.807, 2.05) is 26.0 Å². The van der Waals surface area contributed by atoms with Gasteiger partial charge in [0.1, 0.15) is 0 Å². The maximum atomic E-state index is 14.8. The SMILES string of the molecule is C=C(NC(C1=CCCC=C1)c1ccc(C(C)C)c(F)n1)C1CCCN1C(=C)C/C(=C/N)NN. The molecular formula is C26H37FN6. The lowest BCUT2D eigenvalue weighted by atomic mass is 9.95. The van der Waals surface area contributed by atoms with Crippen LogP contribution >= 0.6 is 0 Å². The van der Waals surface area contributed by atoms with Crippen LogP contribution in [0.2, 0.25) is 0 Å². The van der Waals surface area contributed by atoms with Crippen molar-refractivity contribution in [3.8, 4) is 0 Å². The topological polar surface area (TPSA) is 92.2 Å². The lowest BCUT2D eigenvalue weighted by Crippen LogP contribution is -2.37. The standard InChI is InChI=1S/C26H37FN6/c1-17(2)22-12-13-23(31-26(22)27)25(20-9-6-5-7-10-20)30-19(4)24-11-8-14-33(24)18(3)15-21(16-28)32-29/h6,9-10,12-13,16-17,24-25,30,32H,3-5,7-8,11,14-15,28-29H2,1-2H3/b21-16-. The Balaban J connectivity index is 1.83. The van der Waals surface area contributed by atoms with E-state index in [1.54, 1.807) is 0 Å². The van der Waals surface area contributed by atoms with E-state index in [4.69, 9.17) is 11.6 Å². The van der Waals surface area contributed by atoms with Gasteiger partial charge in [0.2, 0.25) is 5.95 Å². The second kappa shape index (κ2) is 11.2. The molecule has 178 valence electrons. The fourth-order valence-corrected chi connectivity index (χ4v) is 4.49. The molecule has 0 saturated carbocycles. The first kappa shape index (κ1) is 24.6. The van der Waals surface area contributed by atoms with E-state index in [9.17, 15) is 4.39 Å². The zero-order chi connectivity index (χ0) is 24.0. The van der Waals surface area contributed by atoms with Gasteiger partial charge >= 0.3 is 0 Å². The molecule has 1 fully saturated rings. The van der Waals surface area contributed by atoms with E-state index < -0.39 is 5.95 Å². The number of nitrogens with two attached hydrogens (primary N) is 2. The van der Waals surface area contributed by atoms with E-state index >= 15 is 0 Å². The molecule has 0 spiro atoms. The smallest absolute Gasteiger partial charge is 0.216 e. The molecule has 6 N–H and O–H groups in total. The Kier molecular flexibility index (Phi) is 8.33. The van der Waals surface area contributed by atoms with Crippen molar-refractivity contribution in [1.29, 1.82) is 0 Å². The number of pyridine rings is 1. The van der Waals surface area contributed by atoms with Crippen molar-refractivity contribution in [3.05, 3.63) is 89.6 Å². The van der Waals surface area contributed by atoms with Crippen LogP contribution in [0.15, 0.2) is 72.4 Å². The van der Waals surface area contributed by atoms with Gasteiger partial charge in [-0.15, -0.1) is 0 Å². The number of allylic oxidation sites excluding steroid dienone is 2. The predicted octanol–water partition coefficient (Wildman–Crippen LogP) is 4.40. The zero-order valence-corrected chi connectivity index (χ0v) is 19.8. The molecule has 7 heteroatoms. The van der Waals surface area contributed by atoms with Gasteiger partial charge in [0.15, 0.2) is 0 Å². The highest BCUT2D eigenvalue weighted by Crippen LogP contribution is 2.32. The van der Waals surface area contributed by atoms with E-state index in [-0.39, 0.29) is 18.0 Å².